The normalized spacial score (nSPS) is 15.4. The van der Waals surface area contributed by atoms with Crippen LogP contribution in [0.5, 0.6) is 0 Å². The summed E-state index contributed by atoms with van der Waals surface area (Å²) in [6.07, 6.45) is 1.54. The van der Waals surface area contributed by atoms with Gasteiger partial charge in [-0.2, -0.15) is 0 Å². The minimum absolute atomic E-state index is 0.00761. The van der Waals surface area contributed by atoms with Gasteiger partial charge < -0.3 is 5.32 Å². The van der Waals surface area contributed by atoms with Crippen LogP contribution in [0.25, 0.3) is 0 Å². The highest BCUT2D eigenvalue weighted by molar-refractivity contribution is 7.92. The first-order chi connectivity index (χ1) is 12.6. The summed E-state index contributed by atoms with van der Waals surface area (Å²) in [7, 11) is -3.90. The Morgan fingerprint density at radius 3 is 2.30 bits per heavy atom. The van der Waals surface area contributed by atoms with Crippen LogP contribution in [0.2, 0.25) is 5.02 Å². The van der Waals surface area contributed by atoms with Crippen LogP contribution in [0.15, 0.2) is 47.4 Å². The molecule has 27 heavy (non-hydrogen) atoms. The van der Waals surface area contributed by atoms with Crippen LogP contribution < -0.4 is 10.0 Å². The second kappa shape index (κ2) is 7.13. The van der Waals surface area contributed by atoms with Gasteiger partial charge in [0.05, 0.1) is 15.3 Å². The van der Waals surface area contributed by atoms with Crippen LogP contribution in [-0.4, -0.2) is 20.4 Å². The van der Waals surface area contributed by atoms with E-state index in [1.165, 1.54) is 0 Å². The van der Waals surface area contributed by atoms with Gasteiger partial charge in [0.2, 0.25) is 5.91 Å². The SMILES string of the molecule is CC(C)NC(=O)C1(c2ccc(NS(=O)(=O)c3ccc(F)c(Cl)c3)cc2)CC1. The lowest BCUT2D eigenvalue weighted by molar-refractivity contribution is -0.124. The van der Waals surface area contributed by atoms with Crippen LogP contribution in [0.4, 0.5) is 10.1 Å². The van der Waals surface area contributed by atoms with E-state index < -0.39 is 21.3 Å². The van der Waals surface area contributed by atoms with Crippen molar-refractivity contribution >= 4 is 33.2 Å². The number of carbonyl (C=O) groups excluding carboxylic acids is 1. The number of hydrogen-bond acceptors (Lipinski definition) is 3. The van der Waals surface area contributed by atoms with Crippen molar-refractivity contribution < 1.29 is 17.6 Å². The Kier molecular flexibility index (Phi) is 5.18. The number of carbonyl (C=O) groups is 1. The average Bonchev–Trinajstić information content (AvgIpc) is 3.39. The third-order valence-electron chi connectivity index (χ3n) is 4.50. The van der Waals surface area contributed by atoms with Crippen LogP contribution in [-0.2, 0) is 20.2 Å². The highest BCUT2D eigenvalue weighted by Crippen LogP contribution is 2.48. The van der Waals surface area contributed by atoms with Crippen molar-refractivity contribution in [1.29, 1.82) is 0 Å². The Labute approximate surface area is 163 Å². The molecule has 2 aromatic rings. The van der Waals surface area contributed by atoms with Crippen molar-refractivity contribution in [3.05, 3.63) is 58.9 Å². The maximum atomic E-state index is 13.2. The topological polar surface area (TPSA) is 75.3 Å². The number of hydrogen-bond donors (Lipinski definition) is 2. The Morgan fingerprint density at radius 2 is 1.78 bits per heavy atom. The van der Waals surface area contributed by atoms with Gasteiger partial charge in [0.15, 0.2) is 0 Å². The molecule has 2 aromatic carbocycles. The van der Waals surface area contributed by atoms with E-state index in [1.807, 2.05) is 13.8 Å². The summed E-state index contributed by atoms with van der Waals surface area (Å²) < 4.78 is 40.5. The lowest BCUT2D eigenvalue weighted by atomic mass is 9.94. The summed E-state index contributed by atoms with van der Waals surface area (Å²) in [6.45, 7) is 3.82. The van der Waals surface area contributed by atoms with Gasteiger partial charge in [0, 0.05) is 11.7 Å². The first kappa shape index (κ1) is 19.6. The van der Waals surface area contributed by atoms with E-state index >= 15 is 0 Å². The van der Waals surface area contributed by atoms with Gasteiger partial charge in [-0.25, -0.2) is 12.8 Å². The highest BCUT2D eigenvalue weighted by Gasteiger charge is 2.51. The van der Waals surface area contributed by atoms with Gasteiger partial charge in [-0.1, -0.05) is 23.7 Å². The molecule has 144 valence electrons. The van der Waals surface area contributed by atoms with Crippen LogP contribution in [0, 0.1) is 5.82 Å². The van der Waals surface area contributed by atoms with Crippen molar-refractivity contribution in [3.63, 3.8) is 0 Å². The molecule has 0 radical (unpaired) electrons. The van der Waals surface area contributed by atoms with Crippen LogP contribution in [0.3, 0.4) is 0 Å². The van der Waals surface area contributed by atoms with Gasteiger partial charge >= 0.3 is 0 Å². The summed E-state index contributed by atoms with van der Waals surface area (Å²) in [6, 6.07) is 10.00. The maximum absolute atomic E-state index is 13.2. The number of nitrogens with one attached hydrogen (secondary N) is 2. The summed E-state index contributed by atoms with van der Waals surface area (Å²) in [5.41, 5.74) is 0.680. The predicted octanol–water partition coefficient (Wildman–Crippen LogP) is 3.84. The van der Waals surface area contributed by atoms with Gasteiger partial charge in [-0.15, -0.1) is 0 Å². The van der Waals surface area contributed by atoms with E-state index in [-0.39, 0.29) is 21.9 Å². The first-order valence-corrected chi connectivity index (χ1v) is 10.4. The molecule has 0 aliphatic heterocycles. The lowest BCUT2D eigenvalue weighted by Gasteiger charge is -2.18. The van der Waals surface area contributed by atoms with E-state index in [0.717, 1.165) is 36.6 Å². The number of amides is 1. The summed E-state index contributed by atoms with van der Waals surface area (Å²) in [5.74, 6) is -0.693. The second-order valence-electron chi connectivity index (χ2n) is 6.97. The Hall–Kier alpha value is -2.12. The Balaban J connectivity index is 1.78. The standard InChI is InChI=1S/C19H20ClFN2O3S/c1-12(2)22-18(24)19(9-10-19)13-3-5-14(6-4-13)23-27(25,26)15-7-8-17(21)16(20)11-15/h3-8,11-12,23H,9-10H2,1-2H3,(H,22,24). The summed E-state index contributed by atoms with van der Waals surface area (Å²) >= 11 is 5.66. The van der Waals surface area contributed by atoms with Crippen LogP contribution >= 0.6 is 11.6 Å². The third kappa shape index (κ3) is 4.09. The number of benzene rings is 2. The van der Waals surface area contributed by atoms with E-state index in [4.69, 9.17) is 11.6 Å². The van der Waals surface area contributed by atoms with Crippen molar-refractivity contribution in [2.75, 3.05) is 4.72 Å². The van der Waals surface area contributed by atoms with Gasteiger partial charge in [0.25, 0.3) is 10.0 Å². The molecule has 3 rings (SSSR count). The second-order valence-corrected chi connectivity index (χ2v) is 9.06. The summed E-state index contributed by atoms with van der Waals surface area (Å²) in [5, 5.41) is 2.67. The van der Waals surface area contributed by atoms with E-state index in [1.54, 1.807) is 24.3 Å². The van der Waals surface area contributed by atoms with Crippen molar-refractivity contribution in [2.45, 2.75) is 43.0 Å². The zero-order chi connectivity index (χ0) is 19.8. The zero-order valence-electron chi connectivity index (χ0n) is 14.9. The fourth-order valence-corrected chi connectivity index (χ4v) is 4.22. The molecule has 0 atom stereocenters. The quantitative estimate of drug-likeness (QED) is 0.759. The average molecular weight is 411 g/mol. The molecule has 0 spiro atoms. The smallest absolute Gasteiger partial charge is 0.261 e. The molecule has 1 aliphatic carbocycles. The molecule has 0 saturated heterocycles. The molecule has 2 N–H and O–H groups in total. The van der Waals surface area contributed by atoms with Gasteiger partial charge in [-0.3, -0.25) is 9.52 Å². The largest absolute Gasteiger partial charge is 0.353 e. The molecule has 8 heteroatoms. The molecule has 1 amide bonds. The van der Waals surface area contributed by atoms with Crippen molar-refractivity contribution in [3.8, 4) is 0 Å². The maximum Gasteiger partial charge on any atom is 0.261 e. The lowest BCUT2D eigenvalue weighted by Crippen LogP contribution is -2.38. The minimum atomic E-state index is -3.90. The number of anilines is 1. The van der Waals surface area contributed by atoms with E-state index in [0.29, 0.717) is 5.69 Å². The molecule has 0 bridgehead atoms. The van der Waals surface area contributed by atoms with Crippen LogP contribution in [0.1, 0.15) is 32.3 Å². The fraction of sp³-hybridized carbons (Fsp3) is 0.316. The summed E-state index contributed by atoms with van der Waals surface area (Å²) in [4.78, 5) is 12.3. The molecule has 1 fully saturated rings. The predicted molar refractivity (Wildman–Crippen MR) is 103 cm³/mol. The molecular formula is C19H20ClFN2O3S. The van der Waals surface area contributed by atoms with E-state index in [2.05, 4.69) is 10.0 Å². The number of halogens is 2. The van der Waals surface area contributed by atoms with Crippen molar-refractivity contribution in [1.82, 2.24) is 5.32 Å². The molecule has 1 aliphatic rings. The molecule has 0 unspecified atom stereocenters. The van der Waals surface area contributed by atoms with Gasteiger partial charge in [-0.05, 0) is 62.6 Å². The molecule has 1 saturated carbocycles. The molecule has 0 heterocycles. The highest BCUT2D eigenvalue weighted by atomic mass is 35.5. The van der Waals surface area contributed by atoms with Crippen molar-refractivity contribution in [2.24, 2.45) is 0 Å². The number of rotatable bonds is 6. The third-order valence-corrected chi connectivity index (χ3v) is 6.16. The van der Waals surface area contributed by atoms with Gasteiger partial charge in [0.1, 0.15) is 5.82 Å². The molecule has 0 aromatic heterocycles. The zero-order valence-corrected chi connectivity index (χ0v) is 16.5. The monoisotopic (exact) mass is 410 g/mol. The molecular weight excluding hydrogens is 391 g/mol. The Bertz CT molecular complexity index is 971. The number of sulfonamides is 1. The fourth-order valence-electron chi connectivity index (χ4n) is 2.89. The Morgan fingerprint density at radius 1 is 1.15 bits per heavy atom. The first-order valence-electron chi connectivity index (χ1n) is 8.53. The molecule has 5 nitrogen and oxygen atoms in total. The minimum Gasteiger partial charge on any atom is -0.353 e. The van der Waals surface area contributed by atoms with E-state index in [9.17, 15) is 17.6 Å².